The van der Waals surface area contributed by atoms with Crippen LogP contribution < -0.4 is 5.32 Å². The van der Waals surface area contributed by atoms with Gasteiger partial charge in [0, 0.05) is 18.8 Å². The number of alkyl halides is 1. The lowest BCUT2D eigenvalue weighted by molar-refractivity contribution is -0.120. The maximum absolute atomic E-state index is 11.2. The second-order valence-corrected chi connectivity index (χ2v) is 4.85. The van der Waals surface area contributed by atoms with Gasteiger partial charge in [0.1, 0.15) is 0 Å². The number of amides is 1. The van der Waals surface area contributed by atoms with Crippen molar-refractivity contribution in [1.29, 1.82) is 0 Å². The second-order valence-electron chi connectivity index (χ2n) is 4.47. The molecule has 0 saturated heterocycles. The number of carbonyl (C=O) groups is 1. The molecule has 0 aliphatic carbocycles. The van der Waals surface area contributed by atoms with E-state index in [1.807, 2.05) is 24.3 Å². The molecule has 0 spiro atoms. The van der Waals surface area contributed by atoms with Crippen molar-refractivity contribution in [3.8, 4) is 0 Å². The lowest BCUT2D eigenvalue weighted by Gasteiger charge is -2.17. The molecule has 1 rings (SSSR count). The molecule has 2 N–H and O–H groups in total. The molecule has 0 heterocycles. The van der Waals surface area contributed by atoms with Crippen molar-refractivity contribution in [3.05, 3.63) is 35.4 Å². The molecule has 0 bridgehead atoms. The van der Waals surface area contributed by atoms with Crippen molar-refractivity contribution in [2.75, 3.05) is 5.88 Å². The van der Waals surface area contributed by atoms with Gasteiger partial charge in [-0.25, -0.2) is 0 Å². The Balaban J connectivity index is 2.54. The first kappa shape index (κ1) is 14.0. The predicted octanol–water partition coefficient (Wildman–Crippen LogP) is 2.16. The Kier molecular flexibility index (Phi) is 4.97. The summed E-state index contributed by atoms with van der Waals surface area (Å²) in [6.45, 7) is 3.97. The zero-order valence-corrected chi connectivity index (χ0v) is 10.9. The molecule has 1 aromatic carbocycles. The molecule has 17 heavy (non-hydrogen) atoms. The molecule has 0 atom stereocenters. The molecule has 0 aliphatic rings. The van der Waals surface area contributed by atoms with Gasteiger partial charge in [-0.3, -0.25) is 4.79 Å². The van der Waals surface area contributed by atoms with Crippen molar-refractivity contribution < 1.29 is 9.90 Å². The van der Waals surface area contributed by atoms with E-state index in [4.69, 9.17) is 11.6 Å². The minimum absolute atomic E-state index is 0.0495. The van der Waals surface area contributed by atoms with E-state index in [9.17, 15) is 9.90 Å². The molecular formula is C13H18ClNO2. The number of halogens is 1. The number of benzene rings is 1. The first-order valence-corrected chi connectivity index (χ1v) is 6.11. The van der Waals surface area contributed by atoms with Gasteiger partial charge in [0.15, 0.2) is 0 Å². The van der Waals surface area contributed by atoms with E-state index in [-0.39, 0.29) is 5.91 Å². The molecule has 0 aliphatic heterocycles. The van der Waals surface area contributed by atoms with E-state index >= 15 is 0 Å². The third-order valence-corrected chi connectivity index (χ3v) is 2.66. The van der Waals surface area contributed by atoms with Crippen LogP contribution in [0, 0.1) is 0 Å². The number of hydrogen-bond donors (Lipinski definition) is 2. The molecule has 0 radical (unpaired) electrons. The van der Waals surface area contributed by atoms with Gasteiger partial charge in [-0.1, -0.05) is 24.3 Å². The van der Waals surface area contributed by atoms with E-state index in [1.54, 1.807) is 13.8 Å². The van der Waals surface area contributed by atoms with Crippen LogP contribution in [-0.2, 0) is 16.9 Å². The van der Waals surface area contributed by atoms with Gasteiger partial charge < -0.3 is 10.4 Å². The highest BCUT2D eigenvalue weighted by Crippen LogP contribution is 2.19. The monoisotopic (exact) mass is 255 g/mol. The number of rotatable bonds is 5. The van der Waals surface area contributed by atoms with Crippen LogP contribution in [0.4, 0.5) is 0 Å². The Morgan fingerprint density at radius 1 is 1.35 bits per heavy atom. The molecule has 3 nitrogen and oxygen atoms in total. The molecular weight excluding hydrogens is 238 g/mol. The van der Waals surface area contributed by atoms with Gasteiger partial charge in [-0.2, -0.15) is 0 Å². The SMILES string of the molecule is CC(C)(O)c1ccc(CNC(=O)CCCl)cc1. The maximum atomic E-state index is 11.2. The maximum Gasteiger partial charge on any atom is 0.221 e. The van der Waals surface area contributed by atoms with Crippen LogP contribution in [0.2, 0.25) is 0 Å². The second kappa shape index (κ2) is 6.03. The Morgan fingerprint density at radius 2 is 1.94 bits per heavy atom. The fourth-order valence-corrected chi connectivity index (χ4v) is 1.58. The van der Waals surface area contributed by atoms with Gasteiger partial charge in [0.2, 0.25) is 5.91 Å². The fourth-order valence-electron chi connectivity index (χ4n) is 1.41. The molecule has 0 saturated carbocycles. The van der Waals surface area contributed by atoms with Crippen LogP contribution >= 0.6 is 11.6 Å². The minimum atomic E-state index is -0.833. The highest BCUT2D eigenvalue weighted by atomic mass is 35.5. The summed E-state index contributed by atoms with van der Waals surface area (Å²) in [4.78, 5) is 11.2. The highest BCUT2D eigenvalue weighted by Gasteiger charge is 2.14. The predicted molar refractivity (Wildman–Crippen MR) is 68.9 cm³/mol. The summed E-state index contributed by atoms with van der Waals surface area (Å²) in [6.07, 6.45) is 0.337. The fraction of sp³-hybridized carbons (Fsp3) is 0.462. The van der Waals surface area contributed by atoms with Gasteiger partial charge in [-0.05, 0) is 25.0 Å². The first-order chi connectivity index (χ1) is 7.93. The van der Waals surface area contributed by atoms with Gasteiger partial charge >= 0.3 is 0 Å². The summed E-state index contributed by atoms with van der Waals surface area (Å²) in [6, 6.07) is 7.52. The van der Waals surface area contributed by atoms with Crippen LogP contribution in [0.1, 0.15) is 31.4 Å². The smallest absolute Gasteiger partial charge is 0.221 e. The van der Waals surface area contributed by atoms with E-state index in [1.165, 1.54) is 0 Å². The highest BCUT2D eigenvalue weighted by molar-refractivity contribution is 6.18. The normalized spacial score (nSPS) is 11.3. The molecule has 4 heteroatoms. The molecule has 0 fully saturated rings. The van der Waals surface area contributed by atoms with Crippen LogP contribution in [0.5, 0.6) is 0 Å². The first-order valence-electron chi connectivity index (χ1n) is 5.58. The Morgan fingerprint density at radius 3 is 2.41 bits per heavy atom. The summed E-state index contributed by atoms with van der Waals surface area (Å²) < 4.78 is 0. The van der Waals surface area contributed by atoms with Crippen molar-refractivity contribution >= 4 is 17.5 Å². The number of carbonyl (C=O) groups excluding carboxylic acids is 1. The molecule has 0 unspecified atom stereocenters. The quantitative estimate of drug-likeness (QED) is 0.793. The van der Waals surface area contributed by atoms with E-state index in [0.29, 0.717) is 18.8 Å². The minimum Gasteiger partial charge on any atom is -0.386 e. The van der Waals surface area contributed by atoms with Gasteiger partial charge in [-0.15, -0.1) is 11.6 Å². The van der Waals surface area contributed by atoms with Crippen LogP contribution in [0.15, 0.2) is 24.3 Å². The van der Waals surface area contributed by atoms with Crippen LogP contribution in [0.3, 0.4) is 0 Å². The van der Waals surface area contributed by atoms with E-state index in [0.717, 1.165) is 11.1 Å². The average Bonchev–Trinajstić information content (AvgIpc) is 2.26. The average molecular weight is 256 g/mol. The molecule has 1 aromatic rings. The zero-order chi connectivity index (χ0) is 12.9. The Labute approximate surface area is 107 Å². The topological polar surface area (TPSA) is 49.3 Å². The Bertz CT molecular complexity index is 368. The Hall–Kier alpha value is -1.06. The molecule has 94 valence electrons. The van der Waals surface area contributed by atoms with Gasteiger partial charge in [0.05, 0.1) is 5.60 Å². The van der Waals surface area contributed by atoms with Crippen molar-refractivity contribution in [3.63, 3.8) is 0 Å². The van der Waals surface area contributed by atoms with Crippen molar-refractivity contribution in [1.82, 2.24) is 5.32 Å². The lowest BCUT2D eigenvalue weighted by Crippen LogP contribution is -2.23. The summed E-state index contributed by atoms with van der Waals surface area (Å²) >= 11 is 5.46. The van der Waals surface area contributed by atoms with Gasteiger partial charge in [0.25, 0.3) is 0 Å². The summed E-state index contributed by atoms with van der Waals surface area (Å²) in [5.74, 6) is 0.287. The molecule has 0 aromatic heterocycles. The van der Waals surface area contributed by atoms with E-state index < -0.39 is 5.60 Å². The number of aliphatic hydroxyl groups is 1. The zero-order valence-electron chi connectivity index (χ0n) is 10.2. The van der Waals surface area contributed by atoms with Crippen molar-refractivity contribution in [2.45, 2.75) is 32.4 Å². The van der Waals surface area contributed by atoms with Crippen LogP contribution in [-0.4, -0.2) is 16.9 Å². The third-order valence-electron chi connectivity index (χ3n) is 2.47. The lowest BCUT2D eigenvalue weighted by atomic mass is 9.97. The van der Waals surface area contributed by atoms with Crippen LogP contribution in [0.25, 0.3) is 0 Å². The number of hydrogen-bond acceptors (Lipinski definition) is 2. The summed E-state index contributed by atoms with van der Waals surface area (Å²) in [5, 5.41) is 12.6. The third kappa shape index (κ3) is 4.75. The van der Waals surface area contributed by atoms with E-state index in [2.05, 4.69) is 5.32 Å². The largest absolute Gasteiger partial charge is 0.386 e. The summed E-state index contributed by atoms with van der Waals surface area (Å²) in [5.41, 5.74) is 1.02. The molecule has 1 amide bonds. The van der Waals surface area contributed by atoms with Crippen molar-refractivity contribution in [2.24, 2.45) is 0 Å². The standard InChI is InChI=1S/C13H18ClNO2/c1-13(2,17)11-5-3-10(4-6-11)9-15-12(16)7-8-14/h3-6,17H,7-9H2,1-2H3,(H,15,16). The summed E-state index contributed by atoms with van der Waals surface area (Å²) in [7, 11) is 0. The number of nitrogens with one attached hydrogen (secondary N) is 1.